The van der Waals surface area contributed by atoms with E-state index in [4.69, 9.17) is 4.74 Å². The molecule has 2 amide bonds. The molecule has 0 saturated carbocycles. The summed E-state index contributed by atoms with van der Waals surface area (Å²) in [6.45, 7) is 8.41. The molecule has 2 heterocycles. The first-order chi connectivity index (χ1) is 18.5. The Morgan fingerprint density at radius 2 is 1.69 bits per heavy atom. The van der Waals surface area contributed by atoms with Crippen LogP contribution in [0.2, 0.25) is 0 Å². The summed E-state index contributed by atoms with van der Waals surface area (Å²) in [5.74, 6) is -1.14. The number of ketones is 1. The number of benzene rings is 3. The number of carbonyl (C=O) groups is 3. The molecular formula is C32H32N2O5. The third-order valence-corrected chi connectivity index (χ3v) is 7.18. The molecule has 0 bridgehead atoms. The van der Waals surface area contributed by atoms with Crippen molar-refractivity contribution in [3.8, 4) is 5.75 Å². The van der Waals surface area contributed by atoms with Gasteiger partial charge in [-0.15, -0.1) is 0 Å². The van der Waals surface area contributed by atoms with Crippen molar-refractivity contribution in [3.05, 3.63) is 94.6 Å². The van der Waals surface area contributed by atoms with E-state index in [1.165, 1.54) is 11.8 Å². The number of Topliss-reactive ketones (excluding diaryl/α,β-unsaturated/α-hetero) is 1. The lowest BCUT2D eigenvalue weighted by molar-refractivity contribution is -0.132. The van der Waals surface area contributed by atoms with Gasteiger partial charge in [0.05, 0.1) is 18.2 Å². The zero-order valence-electron chi connectivity index (χ0n) is 22.6. The average molecular weight is 525 g/mol. The zero-order chi connectivity index (χ0) is 27.9. The molecule has 1 saturated heterocycles. The van der Waals surface area contributed by atoms with E-state index in [1.54, 1.807) is 36.4 Å². The fraction of sp³-hybridized carbons (Fsp3) is 0.281. The quantitative estimate of drug-likeness (QED) is 0.252. The Labute approximate surface area is 228 Å². The topological polar surface area (TPSA) is 95.9 Å². The van der Waals surface area contributed by atoms with E-state index in [-0.39, 0.29) is 22.7 Å². The molecule has 0 aromatic heterocycles. The fourth-order valence-corrected chi connectivity index (χ4v) is 5.15. The Hall–Kier alpha value is -4.39. The number of nitrogens with one attached hydrogen (secondary N) is 1. The lowest BCUT2D eigenvalue weighted by Crippen LogP contribution is -2.29. The van der Waals surface area contributed by atoms with Gasteiger partial charge in [0, 0.05) is 23.9 Å². The van der Waals surface area contributed by atoms with Crippen LogP contribution in [0.1, 0.15) is 62.4 Å². The smallest absolute Gasteiger partial charge is 0.300 e. The second kappa shape index (κ2) is 10.1. The molecule has 2 N–H and O–H groups in total. The molecular weight excluding hydrogens is 492 g/mol. The van der Waals surface area contributed by atoms with Crippen molar-refractivity contribution in [2.45, 2.75) is 52.0 Å². The minimum absolute atomic E-state index is 0.0334. The summed E-state index contributed by atoms with van der Waals surface area (Å²) in [7, 11) is 0. The molecule has 5 rings (SSSR count). The van der Waals surface area contributed by atoms with Crippen molar-refractivity contribution in [2.24, 2.45) is 0 Å². The summed E-state index contributed by atoms with van der Waals surface area (Å²) in [4.78, 5) is 39.9. The van der Waals surface area contributed by atoms with Crippen LogP contribution in [0.5, 0.6) is 5.75 Å². The van der Waals surface area contributed by atoms with Gasteiger partial charge in [-0.25, -0.2) is 0 Å². The van der Waals surface area contributed by atoms with Crippen molar-refractivity contribution in [1.82, 2.24) is 0 Å². The number of aliphatic hydroxyl groups is 1. The van der Waals surface area contributed by atoms with Gasteiger partial charge in [0.15, 0.2) is 0 Å². The van der Waals surface area contributed by atoms with Crippen molar-refractivity contribution in [1.29, 1.82) is 0 Å². The van der Waals surface area contributed by atoms with Gasteiger partial charge in [-0.3, -0.25) is 19.3 Å². The molecule has 2 aliphatic rings. The van der Waals surface area contributed by atoms with Crippen LogP contribution in [0, 0.1) is 0 Å². The summed E-state index contributed by atoms with van der Waals surface area (Å²) in [6.07, 6.45) is 1.68. The third kappa shape index (κ3) is 5.04. The highest BCUT2D eigenvalue weighted by molar-refractivity contribution is 6.51. The van der Waals surface area contributed by atoms with Crippen molar-refractivity contribution in [3.63, 3.8) is 0 Å². The van der Waals surface area contributed by atoms with Crippen LogP contribution in [0.25, 0.3) is 5.76 Å². The van der Waals surface area contributed by atoms with Crippen molar-refractivity contribution < 1.29 is 24.2 Å². The molecule has 200 valence electrons. The van der Waals surface area contributed by atoms with Gasteiger partial charge in [-0.1, -0.05) is 45.0 Å². The number of nitrogens with zero attached hydrogens (tertiary/aromatic N) is 1. The fourth-order valence-electron chi connectivity index (χ4n) is 5.15. The molecule has 7 heteroatoms. The minimum Gasteiger partial charge on any atom is -0.507 e. The SMILES string of the molecule is CC(=O)Nc1ccc(N2C(=O)C(=O)/C(=C(\O)c3ccc4c(c3)CCCO4)C2c2ccc(C(C)(C)C)cc2)cc1. The highest BCUT2D eigenvalue weighted by Gasteiger charge is 2.47. The highest BCUT2D eigenvalue weighted by atomic mass is 16.5. The Bertz CT molecular complexity index is 1480. The van der Waals surface area contributed by atoms with E-state index in [2.05, 4.69) is 26.1 Å². The standard InChI is InChI=1S/C32H32N2O5/c1-19(35)33-24-12-14-25(15-13-24)34-28(20-7-10-23(11-8-20)32(2,3)4)27(30(37)31(34)38)29(36)22-9-16-26-21(18-22)6-5-17-39-26/h7-16,18,28,36H,5-6,17H2,1-4H3,(H,33,35)/b29-27-. The highest BCUT2D eigenvalue weighted by Crippen LogP contribution is 2.43. The monoisotopic (exact) mass is 524 g/mol. The van der Waals surface area contributed by atoms with Crippen molar-refractivity contribution in [2.75, 3.05) is 16.8 Å². The van der Waals surface area contributed by atoms with E-state index in [1.807, 2.05) is 30.3 Å². The van der Waals surface area contributed by atoms with Gasteiger partial charge >= 0.3 is 0 Å². The molecule has 7 nitrogen and oxygen atoms in total. The van der Waals surface area contributed by atoms with Gasteiger partial charge in [0.25, 0.3) is 11.7 Å². The number of aliphatic hydroxyl groups excluding tert-OH is 1. The molecule has 1 atom stereocenters. The lowest BCUT2D eigenvalue weighted by Gasteiger charge is -2.27. The second-order valence-corrected chi connectivity index (χ2v) is 11.0. The largest absolute Gasteiger partial charge is 0.507 e. The Balaban J connectivity index is 1.64. The molecule has 0 aliphatic carbocycles. The van der Waals surface area contributed by atoms with E-state index >= 15 is 0 Å². The van der Waals surface area contributed by atoms with Crippen LogP contribution in [0.15, 0.2) is 72.3 Å². The number of carbonyl (C=O) groups excluding carboxylic acids is 3. The van der Waals surface area contributed by atoms with Crippen LogP contribution in [0.3, 0.4) is 0 Å². The Morgan fingerprint density at radius 1 is 1.00 bits per heavy atom. The number of anilines is 2. The number of amides is 2. The maximum Gasteiger partial charge on any atom is 0.300 e. The maximum atomic E-state index is 13.5. The number of aryl methyl sites for hydroxylation is 1. The normalized spacial score (nSPS) is 18.5. The van der Waals surface area contributed by atoms with Crippen LogP contribution >= 0.6 is 0 Å². The first-order valence-corrected chi connectivity index (χ1v) is 13.1. The molecule has 1 unspecified atom stereocenters. The average Bonchev–Trinajstić information content (AvgIpc) is 3.18. The van der Waals surface area contributed by atoms with Gasteiger partial charge < -0.3 is 15.2 Å². The van der Waals surface area contributed by atoms with Crippen LogP contribution < -0.4 is 15.0 Å². The molecule has 39 heavy (non-hydrogen) atoms. The predicted octanol–water partition coefficient (Wildman–Crippen LogP) is 5.89. The molecule has 2 aliphatic heterocycles. The van der Waals surface area contributed by atoms with Crippen LogP contribution in [-0.4, -0.2) is 29.3 Å². The zero-order valence-corrected chi connectivity index (χ0v) is 22.6. The lowest BCUT2D eigenvalue weighted by atomic mass is 9.85. The van der Waals surface area contributed by atoms with Gasteiger partial charge in [0.2, 0.25) is 5.91 Å². The van der Waals surface area contributed by atoms with E-state index in [0.29, 0.717) is 29.1 Å². The molecule has 3 aromatic carbocycles. The van der Waals surface area contributed by atoms with Crippen LogP contribution in [0.4, 0.5) is 11.4 Å². The number of hydrogen-bond donors (Lipinski definition) is 2. The second-order valence-electron chi connectivity index (χ2n) is 11.0. The minimum atomic E-state index is -0.835. The molecule has 1 fully saturated rings. The number of rotatable bonds is 4. The van der Waals surface area contributed by atoms with Crippen LogP contribution in [-0.2, 0) is 26.2 Å². The summed E-state index contributed by atoms with van der Waals surface area (Å²) in [5, 5.41) is 14.2. The van der Waals surface area contributed by atoms with E-state index < -0.39 is 17.7 Å². The Kier molecular flexibility index (Phi) is 6.76. The summed E-state index contributed by atoms with van der Waals surface area (Å²) in [6, 6.07) is 19.0. The molecule has 3 aromatic rings. The van der Waals surface area contributed by atoms with Crippen molar-refractivity contribution >= 4 is 34.7 Å². The summed E-state index contributed by atoms with van der Waals surface area (Å²) < 4.78 is 5.71. The summed E-state index contributed by atoms with van der Waals surface area (Å²) in [5.41, 5.74) is 4.25. The van der Waals surface area contributed by atoms with Gasteiger partial charge in [-0.05, 0) is 77.4 Å². The number of fused-ring (bicyclic) bond motifs is 1. The van der Waals surface area contributed by atoms with E-state index in [9.17, 15) is 19.5 Å². The number of hydrogen-bond acceptors (Lipinski definition) is 5. The first-order valence-electron chi connectivity index (χ1n) is 13.1. The first kappa shape index (κ1) is 26.2. The Morgan fingerprint density at radius 3 is 2.33 bits per heavy atom. The molecule has 0 spiro atoms. The summed E-state index contributed by atoms with van der Waals surface area (Å²) >= 11 is 0. The third-order valence-electron chi connectivity index (χ3n) is 7.18. The number of ether oxygens (including phenoxy) is 1. The van der Waals surface area contributed by atoms with Gasteiger partial charge in [0.1, 0.15) is 11.5 Å². The molecule has 0 radical (unpaired) electrons. The van der Waals surface area contributed by atoms with E-state index in [0.717, 1.165) is 29.7 Å². The maximum absolute atomic E-state index is 13.5. The van der Waals surface area contributed by atoms with Gasteiger partial charge in [-0.2, -0.15) is 0 Å². The predicted molar refractivity (Wildman–Crippen MR) is 151 cm³/mol.